The molecule has 0 saturated heterocycles. The van der Waals surface area contributed by atoms with E-state index in [4.69, 9.17) is 13.0 Å². The summed E-state index contributed by atoms with van der Waals surface area (Å²) in [5.74, 6) is 0. The Labute approximate surface area is 69.1 Å². The molecule has 0 amide bonds. The van der Waals surface area contributed by atoms with Crippen molar-refractivity contribution in [3.05, 3.63) is 0 Å². The van der Waals surface area contributed by atoms with Crippen LogP contribution < -0.4 is 0 Å². The molecule has 0 saturated carbocycles. The van der Waals surface area contributed by atoms with Crippen LogP contribution in [0, 0.1) is 0 Å². The van der Waals surface area contributed by atoms with E-state index in [0.29, 0.717) is 0 Å². The Bertz CT molecular complexity index is 168. The zero-order valence-electron chi connectivity index (χ0n) is 4.01. The van der Waals surface area contributed by atoms with Gasteiger partial charge in [0.2, 0.25) is 0 Å². The Balaban J connectivity index is 0. The van der Waals surface area contributed by atoms with Crippen LogP contribution >= 0.6 is 0 Å². The van der Waals surface area contributed by atoms with E-state index in [2.05, 4.69) is 0 Å². The first kappa shape index (κ1) is 12.3. The van der Waals surface area contributed by atoms with E-state index < -0.39 is 15.6 Å². The van der Waals surface area contributed by atoms with Gasteiger partial charge in [0.05, 0.1) is 0 Å². The summed E-state index contributed by atoms with van der Waals surface area (Å²) in [4.78, 5) is 0. The summed E-state index contributed by atoms with van der Waals surface area (Å²) in [6.07, 6.45) is 0. The number of rotatable bonds is 0. The molecule has 0 aliphatic rings. The second-order valence-electron chi connectivity index (χ2n) is 0.921. The van der Waals surface area contributed by atoms with Crippen LogP contribution in [0.25, 0.3) is 0 Å². The van der Waals surface area contributed by atoms with Crippen molar-refractivity contribution in [1.29, 1.82) is 0 Å². The molecule has 3 nitrogen and oxygen atoms in total. The molecule has 0 spiro atoms. The summed E-state index contributed by atoms with van der Waals surface area (Å²) in [5, 5.41) is 0. The van der Waals surface area contributed by atoms with Crippen molar-refractivity contribution in [3.63, 3.8) is 0 Å². The average molecular weight is 262 g/mol. The fraction of sp³-hybridized carbons (Fsp3) is 1.00. The molecule has 9 heavy (non-hydrogen) atoms. The maximum Gasteiger partial charge on any atom is 0.522 e. The molecule has 1 N–H and O–H groups in total. The van der Waals surface area contributed by atoms with Gasteiger partial charge in [-0.1, -0.05) is 0 Å². The third-order valence-electron chi connectivity index (χ3n) is 0.292. The summed E-state index contributed by atoms with van der Waals surface area (Å²) in [6.45, 7) is 0. The van der Waals surface area contributed by atoms with E-state index in [1.54, 1.807) is 0 Å². The van der Waals surface area contributed by atoms with E-state index in [-0.39, 0.29) is 27.3 Å². The van der Waals surface area contributed by atoms with Gasteiger partial charge in [0.15, 0.2) is 0 Å². The van der Waals surface area contributed by atoms with Gasteiger partial charge < -0.3 is 0 Å². The maximum absolute atomic E-state index is 10.7. The Morgan fingerprint density at radius 2 is 1.33 bits per heavy atom. The van der Waals surface area contributed by atoms with E-state index in [0.717, 1.165) is 0 Å². The molecule has 0 atom stereocenters. The zero-order valence-corrected chi connectivity index (χ0v) is 8.87. The molecule has 0 aromatic rings. The first-order valence-electron chi connectivity index (χ1n) is 1.29. The van der Waals surface area contributed by atoms with Crippen LogP contribution in [0.5, 0.6) is 0 Å². The van der Waals surface area contributed by atoms with Crippen molar-refractivity contribution < 1.29 is 53.4 Å². The average Bonchev–Trinajstić information content (AvgIpc) is 1.25. The molecule has 0 aliphatic carbocycles. The first-order chi connectivity index (χ1) is 3.25. The fourth-order valence-corrected chi connectivity index (χ4v) is 0. The Kier molecular flexibility index (Phi) is 4.30. The van der Waals surface area contributed by atoms with Gasteiger partial charge in [-0.05, 0) is 0 Å². The van der Waals surface area contributed by atoms with Crippen molar-refractivity contribution in [2.24, 2.45) is 0 Å². The fourth-order valence-electron chi connectivity index (χ4n) is 0. The van der Waals surface area contributed by atoms with Crippen molar-refractivity contribution in [3.8, 4) is 0 Å². The van der Waals surface area contributed by atoms with Crippen molar-refractivity contribution in [2.45, 2.75) is 5.51 Å². The summed E-state index contributed by atoms with van der Waals surface area (Å²) >= 11 is 0. The molecular weight excluding hydrogens is 261 g/mol. The first-order valence-corrected chi connectivity index (χ1v) is 2.73. The minimum absolute atomic E-state index is 0. The standard InChI is InChI=1S/CHF3O3S.Cd/c2-1(3,4)8(5,6)7;/h(H,5,6,7);. The van der Waals surface area contributed by atoms with E-state index in [1.807, 2.05) is 0 Å². The monoisotopic (exact) mass is 264 g/mol. The van der Waals surface area contributed by atoms with Gasteiger partial charge in [-0.3, -0.25) is 4.55 Å². The smallest absolute Gasteiger partial charge is 0.279 e. The second-order valence-corrected chi connectivity index (χ2v) is 2.33. The molecule has 52 valence electrons. The van der Waals surface area contributed by atoms with Crippen LogP contribution in [0.15, 0.2) is 0 Å². The van der Waals surface area contributed by atoms with Gasteiger partial charge in [0.25, 0.3) is 0 Å². The Hall–Kier alpha value is 0.622. The Morgan fingerprint density at radius 3 is 1.33 bits per heavy atom. The molecule has 0 unspecified atom stereocenters. The van der Waals surface area contributed by atoms with Crippen LogP contribution in [-0.4, -0.2) is 18.5 Å². The third-order valence-corrected chi connectivity index (χ3v) is 0.877. The van der Waals surface area contributed by atoms with Crippen molar-refractivity contribution >= 4 is 10.1 Å². The van der Waals surface area contributed by atoms with Crippen LogP contribution in [0.4, 0.5) is 13.2 Å². The summed E-state index contributed by atoms with van der Waals surface area (Å²) in [6, 6.07) is 0. The number of halogens is 3. The van der Waals surface area contributed by atoms with Gasteiger partial charge in [0.1, 0.15) is 0 Å². The van der Waals surface area contributed by atoms with E-state index in [9.17, 15) is 13.2 Å². The summed E-state index contributed by atoms with van der Waals surface area (Å²) in [5.41, 5.74) is -5.53. The number of hydrogen-bond donors (Lipinski definition) is 1. The van der Waals surface area contributed by atoms with Crippen molar-refractivity contribution in [1.82, 2.24) is 0 Å². The topological polar surface area (TPSA) is 54.4 Å². The molecule has 0 radical (unpaired) electrons. The molecular formula is CHCdF3O3S. The van der Waals surface area contributed by atoms with E-state index in [1.165, 1.54) is 0 Å². The van der Waals surface area contributed by atoms with Crippen LogP contribution in [0.2, 0.25) is 0 Å². The molecule has 0 rings (SSSR count). The molecule has 0 aliphatic heterocycles. The number of alkyl halides is 3. The summed E-state index contributed by atoms with van der Waals surface area (Å²) < 4.78 is 57.5. The van der Waals surface area contributed by atoms with E-state index >= 15 is 0 Å². The molecule has 8 heteroatoms. The van der Waals surface area contributed by atoms with Gasteiger partial charge in [-0.2, -0.15) is 21.6 Å². The SMILES string of the molecule is O=S(=O)(O)C(F)(F)F.[Cd]. The van der Waals surface area contributed by atoms with Crippen LogP contribution in [0.3, 0.4) is 0 Å². The zero-order chi connectivity index (χ0) is 7.00. The molecule has 0 bridgehead atoms. The molecule has 0 heterocycles. The molecule has 0 aromatic heterocycles. The van der Waals surface area contributed by atoms with Crippen LogP contribution in [0.1, 0.15) is 0 Å². The molecule has 0 aromatic carbocycles. The van der Waals surface area contributed by atoms with Gasteiger partial charge in [-0.25, -0.2) is 0 Å². The van der Waals surface area contributed by atoms with Crippen LogP contribution in [-0.2, 0) is 37.4 Å². The van der Waals surface area contributed by atoms with Gasteiger partial charge in [-0.15, -0.1) is 0 Å². The van der Waals surface area contributed by atoms with Gasteiger partial charge >= 0.3 is 15.6 Å². The van der Waals surface area contributed by atoms with Gasteiger partial charge in [0, 0.05) is 27.3 Å². The predicted molar refractivity (Wildman–Crippen MR) is 17.6 cm³/mol. The largest absolute Gasteiger partial charge is 0.522 e. The quantitative estimate of drug-likeness (QED) is 0.390. The normalized spacial score (nSPS) is 12.4. The second kappa shape index (κ2) is 3.14. The minimum Gasteiger partial charge on any atom is -0.279 e. The Morgan fingerprint density at radius 1 is 1.22 bits per heavy atom. The summed E-state index contributed by atoms with van der Waals surface area (Å²) in [7, 11) is -5.84. The van der Waals surface area contributed by atoms with Crippen molar-refractivity contribution in [2.75, 3.05) is 0 Å². The minimum atomic E-state index is -5.84. The predicted octanol–water partition coefficient (Wildman–Crippen LogP) is 0.392. The third kappa shape index (κ3) is 4.08. The number of hydrogen-bond acceptors (Lipinski definition) is 2. The maximum atomic E-state index is 10.7. The molecule has 0 fully saturated rings.